The van der Waals surface area contributed by atoms with Crippen LogP contribution in [-0.4, -0.2) is 48.4 Å². The lowest BCUT2D eigenvalue weighted by molar-refractivity contribution is -0.132. The summed E-state index contributed by atoms with van der Waals surface area (Å²) in [7, 11) is 2.19. The Hall–Kier alpha value is -0.570. The first-order valence-corrected chi connectivity index (χ1v) is 6.70. The molecule has 0 bridgehead atoms. The normalized spacial score (nSPS) is 28.6. The summed E-state index contributed by atoms with van der Waals surface area (Å²) in [6, 6.07) is 0.557. The van der Waals surface area contributed by atoms with Gasteiger partial charge < -0.3 is 9.80 Å². The van der Waals surface area contributed by atoms with Crippen LogP contribution in [0.3, 0.4) is 0 Å². The van der Waals surface area contributed by atoms with E-state index in [0.29, 0.717) is 18.4 Å². The van der Waals surface area contributed by atoms with Gasteiger partial charge in [0.15, 0.2) is 0 Å². The molecule has 0 aliphatic carbocycles. The van der Waals surface area contributed by atoms with Crippen molar-refractivity contribution < 1.29 is 4.79 Å². The zero-order chi connectivity index (χ0) is 11.5. The monoisotopic (exact) mass is 224 g/mol. The zero-order valence-electron chi connectivity index (χ0n) is 10.6. The number of nitrogens with zero attached hydrogens (tertiary/aromatic N) is 2. The lowest BCUT2D eigenvalue weighted by Crippen LogP contribution is -2.43. The Balaban J connectivity index is 1.94. The van der Waals surface area contributed by atoms with E-state index >= 15 is 0 Å². The molecule has 3 heteroatoms. The minimum Gasteiger partial charge on any atom is -0.339 e. The van der Waals surface area contributed by atoms with Gasteiger partial charge in [0.2, 0.25) is 5.91 Å². The molecule has 0 saturated carbocycles. The molecule has 0 spiro atoms. The van der Waals surface area contributed by atoms with E-state index in [1.165, 1.54) is 38.8 Å². The second-order valence-corrected chi connectivity index (χ2v) is 5.29. The van der Waals surface area contributed by atoms with E-state index in [1.807, 2.05) is 6.92 Å². The Kier molecular flexibility index (Phi) is 3.85. The molecule has 3 nitrogen and oxygen atoms in total. The van der Waals surface area contributed by atoms with Crippen LogP contribution in [-0.2, 0) is 4.79 Å². The summed E-state index contributed by atoms with van der Waals surface area (Å²) < 4.78 is 0. The quantitative estimate of drug-likeness (QED) is 0.713. The Bertz CT molecular complexity index is 246. The largest absolute Gasteiger partial charge is 0.339 e. The van der Waals surface area contributed by atoms with Crippen molar-refractivity contribution in [3.8, 4) is 0 Å². The molecule has 0 aromatic rings. The first-order valence-electron chi connectivity index (χ1n) is 6.70. The second-order valence-electron chi connectivity index (χ2n) is 5.29. The highest BCUT2D eigenvalue weighted by atomic mass is 16.2. The number of carbonyl (C=O) groups excluding carboxylic acids is 1. The summed E-state index contributed by atoms with van der Waals surface area (Å²) in [5.41, 5.74) is 0. The number of carbonyl (C=O) groups is 1. The van der Waals surface area contributed by atoms with Crippen molar-refractivity contribution in [2.75, 3.05) is 26.7 Å². The average Bonchev–Trinajstić information content (AvgIpc) is 2.78. The van der Waals surface area contributed by atoms with Gasteiger partial charge >= 0.3 is 0 Å². The van der Waals surface area contributed by atoms with Gasteiger partial charge in [0.25, 0.3) is 0 Å². The van der Waals surface area contributed by atoms with Crippen LogP contribution < -0.4 is 0 Å². The minimum absolute atomic E-state index is 0.362. The highest BCUT2D eigenvalue weighted by molar-refractivity contribution is 5.76. The molecular formula is C13H24N2O. The zero-order valence-corrected chi connectivity index (χ0v) is 10.6. The lowest BCUT2D eigenvalue weighted by Gasteiger charge is -2.36. The van der Waals surface area contributed by atoms with Gasteiger partial charge in [0.05, 0.1) is 0 Å². The van der Waals surface area contributed by atoms with Gasteiger partial charge in [0.1, 0.15) is 0 Å². The molecule has 16 heavy (non-hydrogen) atoms. The topological polar surface area (TPSA) is 23.6 Å². The van der Waals surface area contributed by atoms with Gasteiger partial charge in [-0.25, -0.2) is 0 Å². The van der Waals surface area contributed by atoms with Crippen LogP contribution in [0.2, 0.25) is 0 Å². The molecule has 0 radical (unpaired) electrons. The van der Waals surface area contributed by atoms with Crippen LogP contribution >= 0.6 is 0 Å². The summed E-state index contributed by atoms with van der Waals surface area (Å²) in [6.07, 6.45) is 5.66. The molecule has 2 aliphatic rings. The molecule has 2 fully saturated rings. The van der Waals surface area contributed by atoms with Crippen molar-refractivity contribution >= 4 is 5.91 Å². The number of hydrogen-bond donors (Lipinski definition) is 0. The number of hydrogen-bond acceptors (Lipinski definition) is 2. The predicted octanol–water partition coefficient (Wildman–Crippen LogP) is 1.73. The van der Waals surface area contributed by atoms with Gasteiger partial charge in [-0.05, 0) is 51.7 Å². The molecule has 0 aromatic carbocycles. The molecule has 2 rings (SSSR count). The van der Waals surface area contributed by atoms with Crippen LogP contribution in [0.15, 0.2) is 0 Å². The fraction of sp³-hybridized carbons (Fsp3) is 0.923. The lowest BCUT2D eigenvalue weighted by atomic mass is 9.88. The Morgan fingerprint density at radius 1 is 1.19 bits per heavy atom. The fourth-order valence-electron chi connectivity index (χ4n) is 3.21. The van der Waals surface area contributed by atoms with Gasteiger partial charge in [0, 0.05) is 19.0 Å². The minimum atomic E-state index is 0.362. The molecule has 0 unspecified atom stereocenters. The first-order chi connectivity index (χ1) is 7.72. The SMILES string of the molecule is CCC(=O)N1CCC[C@H]1C1CCN(C)CC1. The number of rotatable bonds is 2. The van der Waals surface area contributed by atoms with Crippen molar-refractivity contribution in [3.63, 3.8) is 0 Å². The molecule has 2 aliphatic heterocycles. The average molecular weight is 224 g/mol. The van der Waals surface area contributed by atoms with Gasteiger partial charge in [-0.15, -0.1) is 0 Å². The van der Waals surface area contributed by atoms with Crippen LogP contribution in [0, 0.1) is 5.92 Å². The van der Waals surface area contributed by atoms with Crippen LogP contribution in [0.5, 0.6) is 0 Å². The third kappa shape index (κ3) is 2.40. The van der Waals surface area contributed by atoms with Gasteiger partial charge in [-0.3, -0.25) is 4.79 Å². The summed E-state index contributed by atoms with van der Waals surface area (Å²) >= 11 is 0. The highest BCUT2D eigenvalue weighted by Gasteiger charge is 2.34. The molecule has 2 saturated heterocycles. The maximum absolute atomic E-state index is 11.8. The molecule has 1 atom stereocenters. The Morgan fingerprint density at radius 3 is 2.50 bits per heavy atom. The van der Waals surface area contributed by atoms with E-state index in [4.69, 9.17) is 0 Å². The molecule has 0 aromatic heterocycles. The van der Waals surface area contributed by atoms with Crippen LogP contribution in [0.1, 0.15) is 39.0 Å². The summed E-state index contributed by atoms with van der Waals surface area (Å²) in [5, 5.41) is 0. The molecule has 0 N–H and O–H groups in total. The highest BCUT2D eigenvalue weighted by Crippen LogP contribution is 2.31. The van der Waals surface area contributed by atoms with E-state index < -0.39 is 0 Å². The smallest absolute Gasteiger partial charge is 0.222 e. The maximum atomic E-state index is 11.8. The van der Waals surface area contributed by atoms with Crippen molar-refractivity contribution in [2.45, 2.75) is 45.1 Å². The number of piperidine rings is 1. The molecular weight excluding hydrogens is 200 g/mol. The van der Waals surface area contributed by atoms with E-state index in [0.717, 1.165) is 12.5 Å². The van der Waals surface area contributed by atoms with Gasteiger partial charge in [-0.2, -0.15) is 0 Å². The van der Waals surface area contributed by atoms with E-state index in [2.05, 4.69) is 16.8 Å². The first kappa shape index (κ1) is 11.9. The van der Waals surface area contributed by atoms with Crippen LogP contribution in [0.4, 0.5) is 0 Å². The van der Waals surface area contributed by atoms with Crippen molar-refractivity contribution in [2.24, 2.45) is 5.92 Å². The van der Waals surface area contributed by atoms with Crippen LogP contribution in [0.25, 0.3) is 0 Å². The summed E-state index contributed by atoms with van der Waals surface area (Å²) in [5.74, 6) is 1.12. The van der Waals surface area contributed by atoms with Crippen molar-refractivity contribution in [1.82, 2.24) is 9.80 Å². The van der Waals surface area contributed by atoms with E-state index in [-0.39, 0.29) is 0 Å². The predicted molar refractivity (Wildman–Crippen MR) is 65.2 cm³/mol. The second kappa shape index (κ2) is 5.17. The van der Waals surface area contributed by atoms with E-state index in [1.54, 1.807) is 0 Å². The molecule has 92 valence electrons. The third-order valence-electron chi connectivity index (χ3n) is 4.23. The summed E-state index contributed by atoms with van der Waals surface area (Å²) in [4.78, 5) is 16.4. The van der Waals surface area contributed by atoms with E-state index in [9.17, 15) is 4.79 Å². The van der Waals surface area contributed by atoms with Gasteiger partial charge in [-0.1, -0.05) is 6.92 Å². The maximum Gasteiger partial charge on any atom is 0.222 e. The van der Waals surface area contributed by atoms with Crippen molar-refractivity contribution in [3.05, 3.63) is 0 Å². The fourth-order valence-corrected chi connectivity index (χ4v) is 3.21. The Labute approximate surface area is 98.8 Å². The Morgan fingerprint density at radius 2 is 1.88 bits per heavy atom. The molecule has 1 amide bonds. The number of amides is 1. The number of likely N-dealkylation sites (tertiary alicyclic amines) is 2. The van der Waals surface area contributed by atoms with Crippen molar-refractivity contribution in [1.29, 1.82) is 0 Å². The standard InChI is InChI=1S/C13H24N2O/c1-3-13(16)15-8-4-5-12(15)11-6-9-14(2)10-7-11/h11-12H,3-10H2,1-2H3/t12-/m0/s1. The summed E-state index contributed by atoms with van der Waals surface area (Å²) in [6.45, 7) is 5.39. The third-order valence-corrected chi connectivity index (χ3v) is 4.23. The molecule has 2 heterocycles.